The molecule has 0 heterocycles. The molecule has 0 aliphatic rings. The maximum absolute atomic E-state index is 13.2. The Bertz CT molecular complexity index is 1290. The Labute approximate surface area is 192 Å². The summed E-state index contributed by atoms with van der Waals surface area (Å²) in [6.45, 7) is 0.104. The maximum atomic E-state index is 13.2. The van der Waals surface area contributed by atoms with E-state index in [4.69, 9.17) is 11.2 Å². The fourth-order valence-corrected chi connectivity index (χ4v) is 3.68. The van der Waals surface area contributed by atoms with E-state index in [1.807, 2.05) is 48.5 Å². The molecule has 5 heteroatoms. The number of fused-ring (bicyclic) bond motifs is 1. The third kappa shape index (κ3) is 4.47. The Balaban J connectivity index is 1.68. The van der Waals surface area contributed by atoms with E-state index in [2.05, 4.69) is 16.4 Å². The Morgan fingerprint density at radius 3 is 2.18 bits per heavy atom. The molecule has 4 aromatic rings. The number of rotatable bonds is 7. The van der Waals surface area contributed by atoms with E-state index in [9.17, 15) is 9.90 Å². The summed E-state index contributed by atoms with van der Waals surface area (Å²) in [5.74, 6) is 2.32. The van der Waals surface area contributed by atoms with Gasteiger partial charge in [-0.25, -0.2) is 5.43 Å². The Morgan fingerprint density at radius 1 is 0.939 bits per heavy atom. The first-order chi connectivity index (χ1) is 16.1. The van der Waals surface area contributed by atoms with E-state index in [1.54, 1.807) is 48.5 Å². The standard InChI is InChI=1S/C28H22N2O3/c1-2-19-33-26-18-17-21-11-9-10-16-24(21)25(26)20-29-30-27(31)28(32,22-12-5-3-6-13-22)23-14-7-4-8-15-23/h1,3-18,20,32H,19H2,(H,30,31)/b29-20-. The molecule has 0 fully saturated rings. The zero-order valence-electron chi connectivity index (χ0n) is 17.8. The predicted molar refractivity (Wildman–Crippen MR) is 130 cm³/mol. The number of aliphatic hydroxyl groups is 1. The van der Waals surface area contributed by atoms with Crippen molar-refractivity contribution in [3.8, 4) is 18.1 Å². The highest BCUT2D eigenvalue weighted by atomic mass is 16.5. The molecule has 5 nitrogen and oxygen atoms in total. The summed E-state index contributed by atoms with van der Waals surface area (Å²) in [5.41, 5.74) is 2.13. The van der Waals surface area contributed by atoms with Gasteiger partial charge in [0.2, 0.25) is 0 Å². The highest BCUT2D eigenvalue weighted by Gasteiger charge is 2.39. The van der Waals surface area contributed by atoms with Gasteiger partial charge in [-0.05, 0) is 28.0 Å². The van der Waals surface area contributed by atoms with Crippen LogP contribution in [0, 0.1) is 12.3 Å². The summed E-state index contributed by atoms with van der Waals surface area (Å²) >= 11 is 0. The number of ether oxygens (including phenoxy) is 1. The van der Waals surface area contributed by atoms with Crippen molar-refractivity contribution in [1.29, 1.82) is 0 Å². The van der Waals surface area contributed by atoms with Crippen molar-refractivity contribution in [2.45, 2.75) is 5.60 Å². The van der Waals surface area contributed by atoms with E-state index >= 15 is 0 Å². The van der Waals surface area contributed by atoms with Gasteiger partial charge in [0.15, 0.2) is 5.60 Å². The van der Waals surface area contributed by atoms with Gasteiger partial charge in [-0.1, -0.05) is 96.9 Å². The minimum absolute atomic E-state index is 0.104. The number of nitrogens with zero attached hydrogens (tertiary/aromatic N) is 1. The van der Waals surface area contributed by atoms with Gasteiger partial charge in [0.25, 0.3) is 5.91 Å². The Morgan fingerprint density at radius 2 is 1.55 bits per heavy atom. The van der Waals surface area contributed by atoms with Gasteiger partial charge >= 0.3 is 0 Å². The van der Waals surface area contributed by atoms with Crippen LogP contribution >= 0.6 is 0 Å². The third-order valence-electron chi connectivity index (χ3n) is 5.31. The number of amides is 1. The van der Waals surface area contributed by atoms with Crippen LogP contribution in [-0.4, -0.2) is 23.8 Å². The van der Waals surface area contributed by atoms with Crippen LogP contribution in [-0.2, 0) is 10.4 Å². The average Bonchev–Trinajstić information content (AvgIpc) is 2.88. The highest BCUT2D eigenvalue weighted by molar-refractivity contribution is 6.03. The lowest BCUT2D eigenvalue weighted by molar-refractivity contribution is -0.136. The van der Waals surface area contributed by atoms with E-state index in [0.29, 0.717) is 22.4 Å². The topological polar surface area (TPSA) is 70.9 Å². The number of hydrazone groups is 1. The average molecular weight is 434 g/mol. The van der Waals surface area contributed by atoms with Gasteiger partial charge in [-0.3, -0.25) is 4.79 Å². The fraction of sp³-hybridized carbons (Fsp3) is 0.0714. The van der Waals surface area contributed by atoms with Crippen LogP contribution in [0.4, 0.5) is 0 Å². The second-order valence-corrected chi connectivity index (χ2v) is 7.33. The SMILES string of the molecule is C#CCOc1ccc2ccccc2c1/C=N\NC(=O)C(O)(c1ccccc1)c1ccccc1. The van der Waals surface area contributed by atoms with Crippen molar-refractivity contribution in [3.05, 3.63) is 114 Å². The van der Waals surface area contributed by atoms with E-state index in [1.165, 1.54) is 6.21 Å². The second-order valence-electron chi connectivity index (χ2n) is 7.33. The normalized spacial score (nSPS) is 11.3. The molecule has 0 aliphatic carbocycles. The third-order valence-corrected chi connectivity index (χ3v) is 5.31. The largest absolute Gasteiger partial charge is 0.480 e. The molecule has 0 atom stereocenters. The molecule has 162 valence electrons. The molecular formula is C28H22N2O3. The van der Waals surface area contributed by atoms with E-state index < -0.39 is 11.5 Å². The summed E-state index contributed by atoms with van der Waals surface area (Å²) in [7, 11) is 0. The van der Waals surface area contributed by atoms with Crippen molar-refractivity contribution in [3.63, 3.8) is 0 Å². The molecule has 0 aliphatic heterocycles. The van der Waals surface area contributed by atoms with Crippen LogP contribution in [0.15, 0.2) is 102 Å². The summed E-state index contributed by atoms with van der Waals surface area (Å²) in [5, 5.41) is 17.6. The lowest BCUT2D eigenvalue weighted by Gasteiger charge is -2.27. The quantitative estimate of drug-likeness (QED) is 0.260. The first-order valence-electron chi connectivity index (χ1n) is 10.4. The molecular weight excluding hydrogens is 412 g/mol. The molecule has 0 bridgehead atoms. The first-order valence-corrected chi connectivity index (χ1v) is 10.4. The van der Waals surface area contributed by atoms with Crippen molar-refractivity contribution in [2.75, 3.05) is 6.61 Å². The zero-order valence-corrected chi connectivity index (χ0v) is 17.8. The molecule has 0 saturated carbocycles. The fourth-order valence-electron chi connectivity index (χ4n) is 3.68. The molecule has 0 unspecified atom stereocenters. The summed E-state index contributed by atoms with van der Waals surface area (Å²) < 4.78 is 5.67. The lowest BCUT2D eigenvalue weighted by atomic mass is 9.85. The van der Waals surface area contributed by atoms with Crippen LogP contribution in [0.25, 0.3) is 10.8 Å². The summed E-state index contributed by atoms with van der Waals surface area (Å²) in [4.78, 5) is 13.2. The minimum atomic E-state index is -1.92. The maximum Gasteiger partial charge on any atom is 0.281 e. The van der Waals surface area contributed by atoms with Gasteiger partial charge in [-0.2, -0.15) is 5.10 Å². The van der Waals surface area contributed by atoms with Crippen LogP contribution in [0.5, 0.6) is 5.75 Å². The number of terminal acetylenes is 1. The molecule has 1 amide bonds. The van der Waals surface area contributed by atoms with E-state index in [-0.39, 0.29) is 6.61 Å². The van der Waals surface area contributed by atoms with Gasteiger partial charge < -0.3 is 9.84 Å². The van der Waals surface area contributed by atoms with Crippen molar-refractivity contribution < 1.29 is 14.6 Å². The van der Waals surface area contributed by atoms with Crippen molar-refractivity contribution in [1.82, 2.24) is 5.43 Å². The molecule has 0 radical (unpaired) electrons. The molecule has 4 aromatic carbocycles. The van der Waals surface area contributed by atoms with E-state index in [0.717, 1.165) is 10.8 Å². The smallest absolute Gasteiger partial charge is 0.281 e. The zero-order chi connectivity index (χ0) is 23.1. The van der Waals surface area contributed by atoms with Crippen LogP contribution in [0.2, 0.25) is 0 Å². The van der Waals surface area contributed by atoms with Crippen molar-refractivity contribution in [2.24, 2.45) is 5.10 Å². The first kappa shape index (κ1) is 21.8. The van der Waals surface area contributed by atoms with Gasteiger partial charge in [0, 0.05) is 5.56 Å². The lowest BCUT2D eigenvalue weighted by Crippen LogP contribution is -2.43. The summed E-state index contributed by atoms with van der Waals surface area (Å²) in [6, 6.07) is 29.0. The number of hydrogen-bond donors (Lipinski definition) is 2. The van der Waals surface area contributed by atoms with Gasteiger partial charge in [-0.15, -0.1) is 6.42 Å². The molecule has 0 aromatic heterocycles. The number of carbonyl (C=O) groups is 1. The predicted octanol–water partition coefficient (Wildman–Crippen LogP) is 4.24. The molecule has 4 rings (SSSR count). The van der Waals surface area contributed by atoms with Gasteiger partial charge in [0.05, 0.1) is 6.21 Å². The Hall–Kier alpha value is -4.40. The number of carbonyl (C=O) groups excluding carboxylic acids is 1. The molecule has 33 heavy (non-hydrogen) atoms. The number of nitrogens with one attached hydrogen (secondary N) is 1. The highest BCUT2D eigenvalue weighted by Crippen LogP contribution is 2.30. The van der Waals surface area contributed by atoms with Crippen molar-refractivity contribution >= 4 is 22.9 Å². The monoisotopic (exact) mass is 434 g/mol. The van der Waals surface area contributed by atoms with Gasteiger partial charge in [0.1, 0.15) is 12.4 Å². The molecule has 0 spiro atoms. The molecule has 0 saturated heterocycles. The number of benzene rings is 4. The Kier molecular flexibility index (Phi) is 6.49. The van der Waals surface area contributed by atoms with Crippen LogP contribution in [0.1, 0.15) is 16.7 Å². The van der Waals surface area contributed by atoms with Crippen LogP contribution < -0.4 is 10.2 Å². The van der Waals surface area contributed by atoms with Crippen LogP contribution in [0.3, 0.4) is 0 Å². The second kappa shape index (κ2) is 9.82. The molecule has 2 N–H and O–H groups in total. The minimum Gasteiger partial charge on any atom is -0.480 e. The number of hydrogen-bond acceptors (Lipinski definition) is 4. The summed E-state index contributed by atoms with van der Waals surface area (Å²) in [6.07, 6.45) is 6.85.